The number of methoxy groups -OCH3 is 1. The van der Waals surface area contributed by atoms with Crippen molar-refractivity contribution in [1.29, 1.82) is 0 Å². The van der Waals surface area contributed by atoms with Crippen molar-refractivity contribution < 1.29 is 14.0 Å². The fraction of sp³-hybridized carbons (Fsp3) is 0.556. The molecule has 1 aliphatic heterocycles. The van der Waals surface area contributed by atoms with Crippen molar-refractivity contribution in [2.24, 2.45) is 0 Å². The van der Waals surface area contributed by atoms with Crippen LogP contribution in [0.25, 0.3) is 11.4 Å². The second-order valence-electron chi connectivity index (χ2n) is 6.73. The van der Waals surface area contributed by atoms with Crippen LogP contribution in [0.3, 0.4) is 0 Å². The van der Waals surface area contributed by atoms with Gasteiger partial charge in [-0.25, -0.2) is 0 Å². The van der Waals surface area contributed by atoms with Gasteiger partial charge in [-0.15, -0.1) is 0 Å². The van der Waals surface area contributed by atoms with Crippen LogP contribution in [0.1, 0.15) is 38.5 Å². The van der Waals surface area contributed by atoms with Crippen LogP contribution in [0.5, 0.6) is 5.75 Å². The molecule has 1 spiro atoms. The van der Waals surface area contributed by atoms with E-state index in [1.165, 1.54) is 25.7 Å². The highest BCUT2D eigenvalue weighted by atomic mass is 16.5. The molecule has 6 heteroatoms. The first-order valence-electron chi connectivity index (χ1n) is 8.65. The second kappa shape index (κ2) is 6.43. The molecule has 1 aliphatic carbocycles. The Balaban J connectivity index is 1.45. The van der Waals surface area contributed by atoms with Crippen LogP contribution in [-0.4, -0.2) is 35.5 Å². The van der Waals surface area contributed by atoms with Gasteiger partial charge in [-0.2, -0.15) is 4.98 Å². The standard InChI is InChI=1S/C18H23N3O3/c1-22-15-6-4-5-13(11-15)16-20-17(24-21-16)19-14-7-10-23-18(12-14)8-2-3-9-18/h4-6,11,14H,2-3,7-10,12H2,1H3,(H,19,20,21). The summed E-state index contributed by atoms with van der Waals surface area (Å²) in [5.74, 6) is 1.35. The van der Waals surface area contributed by atoms with Gasteiger partial charge in [-0.05, 0) is 37.8 Å². The van der Waals surface area contributed by atoms with E-state index in [0.29, 0.717) is 17.9 Å². The molecule has 1 N–H and O–H groups in total. The molecule has 2 aliphatic rings. The quantitative estimate of drug-likeness (QED) is 0.923. The SMILES string of the molecule is COc1cccc(-c2noc(NC3CCOC4(CCCC4)C3)n2)c1. The van der Waals surface area contributed by atoms with Crippen LogP contribution in [0.2, 0.25) is 0 Å². The molecule has 1 atom stereocenters. The molecule has 4 rings (SSSR count). The van der Waals surface area contributed by atoms with Gasteiger partial charge in [0.25, 0.3) is 0 Å². The molecule has 6 nitrogen and oxygen atoms in total. The van der Waals surface area contributed by atoms with Gasteiger partial charge < -0.3 is 19.3 Å². The maximum absolute atomic E-state index is 6.07. The molecule has 1 aromatic carbocycles. The van der Waals surface area contributed by atoms with E-state index >= 15 is 0 Å². The minimum Gasteiger partial charge on any atom is -0.497 e. The van der Waals surface area contributed by atoms with Crippen molar-refractivity contribution in [3.05, 3.63) is 24.3 Å². The van der Waals surface area contributed by atoms with Crippen molar-refractivity contribution in [1.82, 2.24) is 10.1 Å². The first-order chi connectivity index (χ1) is 11.8. The Morgan fingerprint density at radius 1 is 1.29 bits per heavy atom. The van der Waals surface area contributed by atoms with E-state index in [1.807, 2.05) is 24.3 Å². The summed E-state index contributed by atoms with van der Waals surface area (Å²) in [6.45, 7) is 0.800. The predicted molar refractivity (Wildman–Crippen MR) is 90.1 cm³/mol. The van der Waals surface area contributed by atoms with Gasteiger partial charge in [0, 0.05) is 18.2 Å². The summed E-state index contributed by atoms with van der Waals surface area (Å²) in [5.41, 5.74) is 0.955. The molecule has 0 bridgehead atoms. The Bertz CT molecular complexity index is 694. The Morgan fingerprint density at radius 2 is 2.17 bits per heavy atom. The van der Waals surface area contributed by atoms with Gasteiger partial charge in [-0.3, -0.25) is 0 Å². The highest BCUT2D eigenvalue weighted by Gasteiger charge is 2.40. The normalized spacial score (nSPS) is 22.6. The van der Waals surface area contributed by atoms with Crippen molar-refractivity contribution >= 4 is 6.01 Å². The van der Waals surface area contributed by atoms with E-state index in [-0.39, 0.29) is 5.60 Å². The summed E-state index contributed by atoms with van der Waals surface area (Å²) in [6.07, 6.45) is 6.87. The molecule has 2 heterocycles. The van der Waals surface area contributed by atoms with Gasteiger partial charge in [0.15, 0.2) is 0 Å². The number of benzene rings is 1. The summed E-state index contributed by atoms with van der Waals surface area (Å²) in [6, 6.07) is 8.46. The molecule has 1 saturated heterocycles. The first kappa shape index (κ1) is 15.4. The first-order valence-corrected chi connectivity index (χ1v) is 8.65. The lowest BCUT2D eigenvalue weighted by molar-refractivity contribution is -0.0769. The van der Waals surface area contributed by atoms with E-state index in [0.717, 1.165) is 30.8 Å². The molecule has 1 unspecified atom stereocenters. The minimum atomic E-state index is 0.0750. The summed E-state index contributed by atoms with van der Waals surface area (Å²) in [7, 11) is 1.65. The highest BCUT2D eigenvalue weighted by Crippen LogP contribution is 2.40. The van der Waals surface area contributed by atoms with E-state index in [4.69, 9.17) is 14.0 Å². The van der Waals surface area contributed by atoms with E-state index in [1.54, 1.807) is 7.11 Å². The number of hydrogen-bond acceptors (Lipinski definition) is 6. The average Bonchev–Trinajstić information content (AvgIpc) is 3.25. The topological polar surface area (TPSA) is 69.4 Å². The van der Waals surface area contributed by atoms with Gasteiger partial charge in [0.05, 0.1) is 12.7 Å². The molecule has 128 valence electrons. The lowest BCUT2D eigenvalue weighted by atomic mass is 9.89. The largest absolute Gasteiger partial charge is 0.497 e. The maximum atomic E-state index is 6.07. The summed E-state index contributed by atoms with van der Waals surface area (Å²) in [5, 5.41) is 7.48. The van der Waals surface area contributed by atoms with Crippen LogP contribution >= 0.6 is 0 Å². The minimum absolute atomic E-state index is 0.0750. The summed E-state index contributed by atoms with van der Waals surface area (Å²) < 4.78 is 16.7. The number of nitrogens with one attached hydrogen (secondary N) is 1. The third kappa shape index (κ3) is 3.11. The second-order valence-corrected chi connectivity index (χ2v) is 6.73. The lowest BCUT2D eigenvalue weighted by Gasteiger charge is -2.38. The van der Waals surface area contributed by atoms with Crippen molar-refractivity contribution in [3.8, 4) is 17.1 Å². The van der Waals surface area contributed by atoms with E-state index in [2.05, 4.69) is 15.5 Å². The molecule has 2 fully saturated rings. The van der Waals surface area contributed by atoms with Gasteiger partial charge in [0.1, 0.15) is 5.75 Å². The van der Waals surface area contributed by atoms with Crippen LogP contribution in [0.15, 0.2) is 28.8 Å². The maximum Gasteiger partial charge on any atom is 0.322 e. The molecule has 1 aromatic heterocycles. The van der Waals surface area contributed by atoms with Crippen molar-refractivity contribution in [2.45, 2.75) is 50.2 Å². The number of ether oxygens (including phenoxy) is 2. The predicted octanol–water partition coefficient (Wildman–Crippen LogP) is 3.65. The van der Waals surface area contributed by atoms with Crippen molar-refractivity contribution in [3.63, 3.8) is 0 Å². The molecule has 24 heavy (non-hydrogen) atoms. The molecular formula is C18H23N3O3. The van der Waals surface area contributed by atoms with Crippen LogP contribution in [-0.2, 0) is 4.74 Å². The monoisotopic (exact) mass is 329 g/mol. The van der Waals surface area contributed by atoms with Gasteiger partial charge >= 0.3 is 6.01 Å². The number of nitrogens with zero attached hydrogens (tertiary/aromatic N) is 2. The fourth-order valence-electron chi connectivity index (χ4n) is 3.85. The number of rotatable bonds is 4. The van der Waals surface area contributed by atoms with Crippen molar-refractivity contribution in [2.75, 3.05) is 19.0 Å². The zero-order chi connectivity index (χ0) is 16.4. The molecule has 2 aromatic rings. The number of aromatic nitrogens is 2. The zero-order valence-corrected chi connectivity index (χ0v) is 14.0. The van der Waals surface area contributed by atoms with Gasteiger partial charge in [-0.1, -0.05) is 30.1 Å². The zero-order valence-electron chi connectivity index (χ0n) is 14.0. The summed E-state index contributed by atoms with van der Waals surface area (Å²) in [4.78, 5) is 4.48. The lowest BCUT2D eigenvalue weighted by Crippen LogP contribution is -2.42. The summed E-state index contributed by atoms with van der Waals surface area (Å²) >= 11 is 0. The Labute approximate surface area is 141 Å². The van der Waals surface area contributed by atoms with Crippen LogP contribution < -0.4 is 10.1 Å². The van der Waals surface area contributed by atoms with Gasteiger partial charge in [0.2, 0.25) is 5.82 Å². The fourth-order valence-corrected chi connectivity index (χ4v) is 3.85. The Morgan fingerprint density at radius 3 is 3.00 bits per heavy atom. The van der Waals surface area contributed by atoms with Crippen LogP contribution in [0.4, 0.5) is 6.01 Å². The van der Waals surface area contributed by atoms with E-state index < -0.39 is 0 Å². The third-order valence-electron chi connectivity index (χ3n) is 5.09. The average molecular weight is 329 g/mol. The van der Waals surface area contributed by atoms with E-state index in [9.17, 15) is 0 Å². The molecule has 1 saturated carbocycles. The Kier molecular flexibility index (Phi) is 4.14. The molecule has 0 amide bonds. The third-order valence-corrected chi connectivity index (χ3v) is 5.09. The number of hydrogen-bond donors (Lipinski definition) is 1. The smallest absolute Gasteiger partial charge is 0.322 e. The molecular weight excluding hydrogens is 306 g/mol. The number of anilines is 1. The highest BCUT2D eigenvalue weighted by molar-refractivity contribution is 5.57. The van der Waals surface area contributed by atoms with Crippen LogP contribution in [0, 0.1) is 0 Å². The molecule has 0 radical (unpaired) electrons. The Hall–Kier alpha value is -2.08.